The van der Waals surface area contributed by atoms with Crippen molar-refractivity contribution >= 4 is 40.0 Å². The Morgan fingerprint density at radius 1 is 1.00 bits per heavy atom. The molecule has 0 aromatic heterocycles. The number of sulfonamides is 1. The minimum atomic E-state index is -3.41. The summed E-state index contributed by atoms with van der Waals surface area (Å²) in [6.45, 7) is 8.32. The Morgan fingerprint density at radius 2 is 1.65 bits per heavy atom. The molecule has 1 aliphatic rings. The molecule has 1 saturated carbocycles. The van der Waals surface area contributed by atoms with Gasteiger partial charge in [0.2, 0.25) is 10.0 Å². The Bertz CT molecular complexity index is 967. The van der Waals surface area contributed by atoms with Crippen LogP contribution in [0.5, 0.6) is 0 Å². The fraction of sp³-hybridized carbons (Fsp3) is 0.435. The molecular formula is C23H33IN4O2S. The maximum absolute atomic E-state index is 12.3. The lowest BCUT2D eigenvalue weighted by Crippen LogP contribution is -2.38. The van der Waals surface area contributed by atoms with E-state index in [0.717, 1.165) is 43.9 Å². The highest BCUT2D eigenvalue weighted by atomic mass is 127. The molecule has 0 atom stereocenters. The van der Waals surface area contributed by atoms with Crippen LogP contribution in [-0.2, 0) is 23.0 Å². The largest absolute Gasteiger partial charge is 0.357 e. The van der Waals surface area contributed by atoms with Crippen LogP contribution in [0, 0.1) is 13.8 Å². The SMILES string of the molecule is CCNC(=NCc1ccc(S(=O)(=O)NC2CC2)cc1)NCCc1cc(C)cc(C)c1.I. The highest BCUT2D eigenvalue weighted by Crippen LogP contribution is 2.22. The smallest absolute Gasteiger partial charge is 0.240 e. The summed E-state index contributed by atoms with van der Waals surface area (Å²) in [4.78, 5) is 4.94. The molecule has 0 saturated heterocycles. The van der Waals surface area contributed by atoms with Crippen molar-refractivity contribution in [3.05, 3.63) is 64.7 Å². The number of aryl methyl sites for hydroxylation is 2. The van der Waals surface area contributed by atoms with Crippen LogP contribution < -0.4 is 15.4 Å². The molecule has 0 unspecified atom stereocenters. The fourth-order valence-corrected chi connectivity index (χ4v) is 4.62. The van der Waals surface area contributed by atoms with Gasteiger partial charge in [0.15, 0.2) is 5.96 Å². The van der Waals surface area contributed by atoms with Crippen molar-refractivity contribution in [2.45, 2.75) is 57.5 Å². The van der Waals surface area contributed by atoms with Crippen LogP contribution in [-0.4, -0.2) is 33.5 Å². The monoisotopic (exact) mass is 556 g/mol. The van der Waals surface area contributed by atoms with Crippen molar-refractivity contribution in [3.8, 4) is 0 Å². The van der Waals surface area contributed by atoms with E-state index < -0.39 is 10.0 Å². The lowest BCUT2D eigenvalue weighted by atomic mass is 10.1. The third kappa shape index (κ3) is 8.42. The molecule has 2 aromatic carbocycles. The molecule has 6 nitrogen and oxygen atoms in total. The molecular weight excluding hydrogens is 523 g/mol. The fourth-order valence-electron chi connectivity index (χ4n) is 3.31. The van der Waals surface area contributed by atoms with Gasteiger partial charge in [-0.15, -0.1) is 24.0 Å². The molecule has 0 amide bonds. The normalized spacial score (nSPS) is 14.1. The molecule has 31 heavy (non-hydrogen) atoms. The van der Waals surface area contributed by atoms with E-state index in [1.165, 1.54) is 16.7 Å². The van der Waals surface area contributed by atoms with Crippen molar-refractivity contribution in [2.24, 2.45) is 4.99 Å². The summed E-state index contributed by atoms with van der Waals surface area (Å²) >= 11 is 0. The predicted octanol–water partition coefficient (Wildman–Crippen LogP) is 3.66. The predicted molar refractivity (Wildman–Crippen MR) is 138 cm³/mol. The van der Waals surface area contributed by atoms with E-state index >= 15 is 0 Å². The molecule has 0 heterocycles. The molecule has 170 valence electrons. The van der Waals surface area contributed by atoms with Gasteiger partial charge in [-0.25, -0.2) is 18.1 Å². The van der Waals surface area contributed by atoms with Crippen molar-refractivity contribution in [1.82, 2.24) is 15.4 Å². The zero-order chi connectivity index (χ0) is 21.6. The van der Waals surface area contributed by atoms with Gasteiger partial charge in [0.25, 0.3) is 0 Å². The maximum Gasteiger partial charge on any atom is 0.240 e. The van der Waals surface area contributed by atoms with Crippen molar-refractivity contribution in [3.63, 3.8) is 0 Å². The second-order valence-corrected chi connectivity index (χ2v) is 9.62. The third-order valence-corrected chi connectivity index (χ3v) is 6.42. The first-order valence-electron chi connectivity index (χ1n) is 10.6. The zero-order valence-electron chi connectivity index (χ0n) is 18.4. The second kappa shape index (κ2) is 11.8. The van der Waals surface area contributed by atoms with Crippen LogP contribution in [0.15, 0.2) is 52.4 Å². The van der Waals surface area contributed by atoms with Crippen molar-refractivity contribution in [2.75, 3.05) is 13.1 Å². The van der Waals surface area contributed by atoms with Crippen LogP contribution in [0.2, 0.25) is 0 Å². The van der Waals surface area contributed by atoms with Gasteiger partial charge in [-0.05, 0) is 63.3 Å². The highest BCUT2D eigenvalue weighted by molar-refractivity contribution is 14.0. The van der Waals surface area contributed by atoms with Crippen molar-refractivity contribution < 1.29 is 8.42 Å². The Balaban J connectivity index is 0.00000341. The van der Waals surface area contributed by atoms with E-state index in [-0.39, 0.29) is 30.0 Å². The van der Waals surface area contributed by atoms with E-state index in [0.29, 0.717) is 11.4 Å². The first kappa shape index (κ1) is 25.6. The third-order valence-electron chi connectivity index (χ3n) is 4.88. The maximum atomic E-state index is 12.3. The summed E-state index contributed by atoms with van der Waals surface area (Å²) in [7, 11) is -3.41. The second-order valence-electron chi connectivity index (χ2n) is 7.91. The van der Waals surface area contributed by atoms with Gasteiger partial charge in [-0.2, -0.15) is 0 Å². The van der Waals surface area contributed by atoms with Gasteiger partial charge in [0, 0.05) is 19.1 Å². The van der Waals surface area contributed by atoms with E-state index in [1.807, 2.05) is 19.1 Å². The minimum Gasteiger partial charge on any atom is -0.357 e. The number of aliphatic imine (C=N–C) groups is 1. The van der Waals surface area contributed by atoms with E-state index in [2.05, 4.69) is 52.4 Å². The zero-order valence-corrected chi connectivity index (χ0v) is 21.6. The number of nitrogens with zero attached hydrogens (tertiary/aromatic N) is 1. The highest BCUT2D eigenvalue weighted by Gasteiger charge is 2.27. The molecule has 0 aliphatic heterocycles. The first-order chi connectivity index (χ1) is 14.4. The van der Waals surface area contributed by atoms with Crippen LogP contribution in [0.4, 0.5) is 0 Å². The number of halogens is 1. The number of rotatable bonds is 9. The lowest BCUT2D eigenvalue weighted by molar-refractivity contribution is 0.581. The standard InChI is InChI=1S/C23H32N4O2S.HI/c1-4-24-23(25-12-11-20-14-17(2)13-18(3)15-20)26-16-19-5-9-22(10-6-19)30(28,29)27-21-7-8-21;/h5-6,9-10,13-15,21,27H,4,7-8,11-12,16H2,1-3H3,(H2,24,25,26);1H. The van der Waals surface area contributed by atoms with Crippen LogP contribution in [0.25, 0.3) is 0 Å². The van der Waals surface area contributed by atoms with Gasteiger partial charge in [0.05, 0.1) is 11.4 Å². The summed E-state index contributed by atoms with van der Waals surface area (Å²) in [5.74, 6) is 0.758. The summed E-state index contributed by atoms with van der Waals surface area (Å²) in [5.41, 5.74) is 4.84. The minimum absolute atomic E-state index is 0. The number of nitrogens with one attached hydrogen (secondary N) is 3. The quantitative estimate of drug-likeness (QED) is 0.250. The number of guanidine groups is 1. The van der Waals surface area contributed by atoms with Crippen LogP contribution in [0.1, 0.15) is 42.0 Å². The summed E-state index contributed by atoms with van der Waals surface area (Å²) in [5, 5.41) is 6.63. The van der Waals surface area contributed by atoms with E-state index in [4.69, 9.17) is 0 Å². The van der Waals surface area contributed by atoms with Gasteiger partial charge >= 0.3 is 0 Å². The van der Waals surface area contributed by atoms with Crippen LogP contribution in [0.3, 0.4) is 0 Å². The average Bonchev–Trinajstić information content (AvgIpc) is 3.49. The molecule has 3 N–H and O–H groups in total. The Morgan fingerprint density at radius 3 is 2.23 bits per heavy atom. The summed E-state index contributed by atoms with van der Waals surface area (Å²) < 4.78 is 27.2. The molecule has 3 rings (SSSR count). The Kier molecular flexibility index (Phi) is 9.77. The molecule has 0 bridgehead atoms. The Labute approximate surface area is 203 Å². The lowest BCUT2D eigenvalue weighted by Gasteiger charge is -2.12. The molecule has 1 aliphatic carbocycles. The first-order valence-corrected chi connectivity index (χ1v) is 12.0. The van der Waals surface area contributed by atoms with E-state index in [9.17, 15) is 8.42 Å². The number of benzene rings is 2. The molecule has 8 heteroatoms. The molecule has 2 aromatic rings. The van der Waals surface area contributed by atoms with E-state index in [1.54, 1.807) is 12.1 Å². The molecule has 0 radical (unpaired) electrons. The van der Waals surface area contributed by atoms with Gasteiger partial charge in [-0.3, -0.25) is 0 Å². The van der Waals surface area contributed by atoms with Crippen molar-refractivity contribution in [1.29, 1.82) is 0 Å². The molecule has 0 spiro atoms. The number of hydrogen-bond acceptors (Lipinski definition) is 3. The average molecular weight is 557 g/mol. The Hall–Kier alpha value is -1.65. The number of hydrogen-bond donors (Lipinski definition) is 3. The van der Waals surface area contributed by atoms with Gasteiger partial charge in [-0.1, -0.05) is 41.5 Å². The molecule has 1 fully saturated rings. The summed E-state index contributed by atoms with van der Waals surface area (Å²) in [6, 6.07) is 13.7. The van der Waals surface area contributed by atoms with Gasteiger partial charge < -0.3 is 10.6 Å². The van der Waals surface area contributed by atoms with Gasteiger partial charge in [0.1, 0.15) is 0 Å². The topological polar surface area (TPSA) is 82.6 Å². The van der Waals surface area contributed by atoms with Crippen LogP contribution >= 0.6 is 24.0 Å². The summed E-state index contributed by atoms with van der Waals surface area (Å²) in [6.07, 6.45) is 2.78.